The number of hydrogen-bond donors (Lipinski definition) is 1. The molecule has 12 heteroatoms. The summed E-state index contributed by atoms with van der Waals surface area (Å²) in [4.78, 5) is 19.2. The highest BCUT2D eigenvalue weighted by atomic mass is 32.2. The standard InChI is InChI=1S/C19H23F2N5O4S/c1-17(2,3)30-16(27)23-15-19(8-5-9-19)31(28,29)14(21)18(4,24-15)12-10-11(25-26-22)6-7-13(12)20/h6-7,10,14H,5,8-9H2,1-4H3,(H,23,24,27)/t14-,18+/m0/s1. The Morgan fingerprint density at radius 2 is 2.03 bits per heavy atom. The molecule has 0 unspecified atom stereocenters. The van der Waals surface area contributed by atoms with Crippen molar-refractivity contribution in [3.63, 3.8) is 0 Å². The van der Waals surface area contributed by atoms with Crippen molar-refractivity contribution in [3.8, 4) is 0 Å². The summed E-state index contributed by atoms with van der Waals surface area (Å²) in [5.74, 6) is -1.21. The number of nitrogens with zero attached hydrogens (tertiary/aromatic N) is 4. The number of alkyl carbamates (subject to hydrolysis) is 1. The zero-order valence-corrected chi connectivity index (χ0v) is 18.3. The minimum Gasteiger partial charge on any atom is -0.444 e. The molecule has 1 spiro atoms. The molecule has 1 aromatic carbocycles. The summed E-state index contributed by atoms with van der Waals surface area (Å²) in [5.41, 5.74) is 2.51. The van der Waals surface area contributed by atoms with Crippen LogP contribution in [0, 0.1) is 5.82 Å². The highest BCUT2D eigenvalue weighted by molar-refractivity contribution is 7.94. The number of azide groups is 1. The summed E-state index contributed by atoms with van der Waals surface area (Å²) < 4.78 is 60.3. The first-order chi connectivity index (χ1) is 14.3. The quantitative estimate of drug-likeness (QED) is 0.398. The van der Waals surface area contributed by atoms with Gasteiger partial charge in [-0.1, -0.05) is 5.11 Å². The lowest BCUT2D eigenvalue weighted by atomic mass is 9.81. The molecule has 0 saturated heterocycles. The fourth-order valence-corrected chi connectivity index (χ4v) is 6.18. The molecule has 1 N–H and O–H groups in total. The Morgan fingerprint density at radius 3 is 2.55 bits per heavy atom. The topological polar surface area (TPSA) is 134 Å². The van der Waals surface area contributed by atoms with Crippen LogP contribution in [-0.2, 0) is 20.1 Å². The first kappa shape index (κ1) is 23.0. The van der Waals surface area contributed by atoms with Crippen molar-refractivity contribution in [2.75, 3.05) is 0 Å². The SMILES string of the molecule is CC(C)(C)OC(=O)NC1=N[C@](C)(c2cc(N=[N+]=[N-])ccc2F)[C@@H](F)S(=O)(=O)C12CCC2. The van der Waals surface area contributed by atoms with Crippen LogP contribution in [0.2, 0.25) is 0 Å². The number of carbonyl (C=O) groups is 1. The molecule has 1 aliphatic carbocycles. The van der Waals surface area contributed by atoms with Crippen molar-refractivity contribution >= 4 is 27.5 Å². The van der Waals surface area contributed by atoms with Gasteiger partial charge in [0.1, 0.15) is 27.5 Å². The smallest absolute Gasteiger partial charge is 0.413 e. The van der Waals surface area contributed by atoms with Crippen LogP contribution in [-0.4, -0.2) is 36.2 Å². The van der Waals surface area contributed by atoms with Gasteiger partial charge in [-0.2, -0.15) is 0 Å². The minimum atomic E-state index is -4.54. The molecule has 3 rings (SSSR count). The highest BCUT2D eigenvalue weighted by Crippen LogP contribution is 2.51. The van der Waals surface area contributed by atoms with Crippen LogP contribution in [0.3, 0.4) is 0 Å². The van der Waals surface area contributed by atoms with Crippen molar-refractivity contribution in [1.82, 2.24) is 5.32 Å². The fraction of sp³-hybridized carbons (Fsp3) is 0.579. The number of amidine groups is 1. The lowest BCUT2D eigenvalue weighted by molar-refractivity contribution is 0.0558. The van der Waals surface area contributed by atoms with Crippen molar-refractivity contribution in [2.24, 2.45) is 10.1 Å². The Balaban J connectivity index is 2.19. The normalized spacial score (nSPS) is 26.3. The largest absolute Gasteiger partial charge is 0.444 e. The number of hydrogen-bond acceptors (Lipinski definition) is 6. The van der Waals surface area contributed by atoms with Crippen molar-refractivity contribution in [3.05, 3.63) is 40.0 Å². The van der Waals surface area contributed by atoms with Gasteiger partial charge in [0.15, 0.2) is 9.84 Å². The Morgan fingerprint density at radius 1 is 1.39 bits per heavy atom. The fourth-order valence-electron chi connectivity index (χ4n) is 3.78. The van der Waals surface area contributed by atoms with Crippen LogP contribution in [0.4, 0.5) is 19.3 Å². The molecule has 1 fully saturated rings. The van der Waals surface area contributed by atoms with E-state index in [2.05, 4.69) is 20.3 Å². The van der Waals surface area contributed by atoms with Gasteiger partial charge in [-0.05, 0) is 70.7 Å². The molecule has 1 amide bonds. The average Bonchev–Trinajstić information content (AvgIpc) is 2.58. The van der Waals surface area contributed by atoms with Gasteiger partial charge in [-0.15, -0.1) is 0 Å². The molecule has 1 aromatic rings. The molecule has 31 heavy (non-hydrogen) atoms. The summed E-state index contributed by atoms with van der Waals surface area (Å²) in [6.07, 6.45) is -0.308. The van der Waals surface area contributed by atoms with Crippen molar-refractivity contribution in [2.45, 2.75) is 68.3 Å². The molecule has 1 heterocycles. The zero-order valence-electron chi connectivity index (χ0n) is 17.5. The van der Waals surface area contributed by atoms with E-state index in [4.69, 9.17) is 10.3 Å². The van der Waals surface area contributed by atoms with Crippen molar-refractivity contribution < 1.29 is 26.7 Å². The third kappa shape index (κ3) is 3.74. The molecule has 1 saturated carbocycles. The summed E-state index contributed by atoms with van der Waals surface area (Å²) in [7, 11) is -4.54. The van der Waals surface area contributed by atoms with Gasteiger partial charge >= 0.3 is 6.09 Å². The number of ether oxygens (including phenoxy) is 1. The molecule has 9 nitrogen and oxygen atoms in total. The van der Waals surface area contributed by atoms with E-state index in [1.54, 1.807) is 20.8 Å². The van der Waals surface area contributed by atoms with E-state index < -0.39 is 48.7 Å². The number of halogens is 2. The van der Waals surface area contributed by atoms with E-state index in [9.17, 15) is 17.6 Å². The van der Waals surface area contributed by atoms with E-state index in [0.29, 0.717) is 6.42 Å². The summed E-state index contributed by atoms with van der Waals surface area (Å²) >= 11 is 0. The summed E-state index contributed by atoms with van der Waals surface area (Å²) in [6.45, 7) is 6.01. The Hall–Kier alpha value is -2.72. The highest BCUT2D eigenvalue weighted by Gasteiger charge is 2.65. The van der Waals surface area contributed by atoms with Gasteiger partial charge in [-0.3, -0.25) is 10.3 Å². The van der Waals surface area contributed by atoms with Crippen LogP contribution < -0.4 is 5.32 Å². The van der Waals surface area contributed by atoms with Gasteiger partial charge in [0.25, 0.3) is 0 Å². The maximum Gasteiger partial charge on any atom is 0.413 e. The molecule has 0 aromatic heterocycles. The second-order valence-corrected chi connectivity index (χ2v) is 11.1. The molecule has 2 atom stereocenters. The number of carbonyl (C=O) groups excluding carboxylic acids is 1. The molecule has 0 bridgehead atoms. The number of benzene rings is 1. The van der Waals surface area contributed by atoms with Crippen LogP contribution in [0.25, 0.3) is 10.4 Å². The Bertz CT molecular complexity index is 1100. The second-order valence-electron chi connectivity index (χ2n) is 8.80. The maximum atomic E-state index is 15.6. The van der Waals surface area contributed by atoms with Gasteiger partial charge < -0.3 is 4.74 Å². The van der Waals surface area contributed by atoms with E-state index in [-0.39, 0.29) is 24.4 Å². The van der Waals surface area contributed by atoms with Gasteiger partial charge in [-0.25, -0.2) is 22.0 Å². The van der Waals surface area contributed by atoms with Crippen LogP contribution in [0.5, 0.6) is 0 Å². The predicted molar refractivity (Wildman–Crippen MR) is 110 cm³/mol. The van der Waals surface area contributed by atoms with E-state index in [1.807, 2.05) is 0 Å². The monoisotopic (exact) mass is 455 g/mol. The summed E-state index contributed by atoms with van der Waals surface area (Å²) in [5, 5.41) is 5.73. The number of nitrogens with one attached hydrogen (secondary N) is 1. The Kier molecular flexibility index (Phi) is 5.52. The lowest BCUT2D eigenvalue weighted by Crippen LogP contribution is -2.66. The van der Waals surface area contributed by atoms with E-state index >= 15 is 4.39 Å². The van der Waals surface area contributed by atoms with Crippen LogP contribution in [0.15, 0.2) is 28.3 Å². The predicted octanol–water partition coefficient (Wildman–Crippen LogP) is 4.55. The molecule has 1 aliphatic heterocycles. The maximum absolute atomic E-state index is 15.6. The first-order valence-electron chi connectivity index (χ1n) is 9.60. The number of alkyl halides is 1. The molecular weight excluding hydrogens is 432 g/mol. The number of rotatable bonds is 2. The molecule has 0 radical (unpaired) electrons. The lowest BCUT2D eigenvalue weighted by Gasteiger charge is -2.49. The van der Waals surface area contributed by atoms with Crippen LogP contribution in [0.1, 0.15) is 52.5 Å². The molecule has 168 valence electrons. The third-order valence-electron chi connectivity index (χ3n) is 5.47. The van der Waals surface area contributed by atoms with Gasteiger partial charge in [0, 0.05) is 16.2 Å². The van der Waals surface area contributed by atoms with Crippen molar-refractivity contribution in [1.29, 1.82) is 0 Å². The molecule has 2 aliphatic rings. The Labute approximate surface area is 178 Å². The van der Waals surface area contributed by atoms with Gasteiger partial charge in [0.05, 0.1) is 0 Å². The first-order valence-corrected chi connectivity index (χ1v) is 11.1. The third-order valence-corrected chi connectivity index (χ3v) is 8.17. The van der Waals surface area contributed by atoms with Crippen LogP contribution >= 0.6 is 0 Å². The number of amides is 1. The minimum absolute atomic E-state index is 0.0366. The average molecular weight is 455 g/mol. The van der Waals surface area contributed by atoms with E-state index in [1.165, 1.54) is 6.07 Å². The second kappa shape index (κ2) is 7.45. The summed E-state index contributed by atoms with van der Waals surface area (Å²) in [6, 6.07) is 3.15. The number of aliphatic imine (C=N–C) groups is 1. The number of sulfone groups is 1. The van der Waals surface area contributed by atoms with Gasteiger partial charge in [0.2, 0.25) is 5.50 Å². The molecular formula is C19H23F2N5O4S. The van der Waals surface area contributed by atoms with E-state index in [0.717, 1.165) is 19.1 Å². The zero-order chi connectivity index (χ0) is 23.2.